The number of halogens is 1. The number of amides is 1. The predicted octanol–water partition coefficient (Wildman–Crippen LogP) is 0.185. The molecular formula is C7H15FN2O. The summed E-state index contributed by atoms with van der Waals surface area (Å²) in [7, 11) is 0. The predicted molar refractivity (Wildman–Crippen MR) is 41.5 cm³/mol. The van der Waals surface area contributed by atoms with Crippen molar-refractivity contribution in [2.75, 3.05) is 6.54 Å². The molecule has 4 N–H and O–H groups in total. The molecule has 0 fully saturated rings. The Labute approximate surface area is 65.9 Å². The molecule has 0 bridgehead atoms. The minimum Gasteiger partial charge on any atom is -0.369 e. The van der Waals surface area contributed by atoms with E-state index in [1.54, 1.807) is 0 Å². The molecule has 0 aliphatic rings. The second-order valence-corrected chi connectivity index (χ2v) is 3.10. The van der Waals surface area contributed by atoms with Gasteiger partial charge in [-0.1, -0.05) is 0 Å². The lowest BCUT2D eigenvalue weighted by Gasteiger charge is -2.23. The van der Waals surface area contributed by atoms with Crippen LogP contribution >= 0.6 is 0 Å². The van der Waals surface area contributed by atoms with Gasteiger partial charge >= 0.3 is 0 Å². The summed E-state index contributed by atoms with van der Waals surface area (Å²) in [4.78, 5) is 10.7. The van der Waals surface area contributed by atoms with Gasteiger partial charge in [0.2, 0.25) is 5.91 Å². The SMILES string of the molecule is CC(C)(F)C(CCN)C(N)=O. The molecule has 0 heterocycles. The van der Waals surface area contributed by atoms with E-state index in [1.165, 1.54) is 13.8 Å². The molecule has 0 saturated carbocycles. The van der Waals surface area contributed by atoms with Gasteiger partial charge in [0.05, 0.1) is 5.92 Å². The fraction of sp³-hybridized carbons (Fsp3) is 0.857. The van der Waals surface area contributed by atoms with Crippen molar-refractivity contribution in [3.8, 4) is 0 Å². The van der Waals surface area contributed by atoms with Crippen molar-refractivity contribution in [2.45, 2.75) is 25.9 Å². The fourth-order valence-corrected chi connectivity index (χ4v) is 0.990. The van der Waals surface area contributed by atoms with E-state index < -0.39 is 17.5 Å². The van der Waals surface area contributed by atoms with Crippen molar-refractivity contribution in [1.82, 2.24) is 0 Å². The average molecular weight is 162 g/mol. The van der Waals surface area contributed by atoms with Crippen LogP contribution in [0.15, 0.2) is 0 Å². The Balaban J connectivity index is 4.22. The quantitative estimate of drug-likeness (QED) is 0.619. The van der Waals surface area contributed by atoms with Gasteiger partial charge in [-0.25, -0.2) is 4.39 Å². The zero-order chi connectivity index (χ0) is 9.07. The van der Waals surface area contributed by atoms with E-state index in [2.05, 4.69) is 0 Å². The van der Waals surface area contributed by atoms with Crippen molar-refractivity contribution in [2.24, 2.45) is 17.4 Å². The Morgan fingerprint density at radius 1 is 1.64 bits per heavy atom. The summed E-state index contributed by atoms with van der Waals surface area (Å²) in [6.45, 7) is 2.94. The maximum atomic E-state index is 13.1. The van der Waals surface area contributed by atoms with Crippen LogP contribution in [0.1, 0.15) is 20.3 Å². The average Bonchev–Trinajstić information content (AvgIpc) is 1.79. The summed E-state index contributed by atoms with van der Waals surface area (Å²) in [5.74, 6) is -1.39. The summed E-state index contributed by atoms with van der Waals surface area (Å²) >= 11 is 0. The van der Waals surface area contributed by atoms with E-state index in [0.717, 1.165) is 0 Å². The molecular weight excluding hydrogens is 147 g/mol. The molecule has 1 atom stereocenters. The molecule has 66 valence electrons. The number of alkyl halides is 1. The van der Waals surface area contributed by atoms with E-state index in [0.29, 0.717) is 6.42 Å². The largest absolute Gasteiger partial charge is 0.369 e. The van der Waals surface area contributed by atoms with Crippen LogP contribution in [0.2, 0.25) is 0 Å². The molecule has 11 heavy (non-hydrogen) atoms. The highest BCUT2D eigenvalue weighted by molar-refractivity contribution is 5.77. The van der Waals surface area contributed by atoms with E-state index in [-0.39, 0.29) is 6.54 Å². The van der Waals surface area contributed by atoms with Crippen LogP contribution < -0.4 is 11.5 Å². The summed E-state index contributed by atoms with van der Waals surface area (Å²) in [5, 5.41) is 0. The van der Waals surface area contributed by atoms with Crippen LogP contribution in [-0.2, 0) is 4.79 Å². The molecule has 0 radical (unpaired) electrons. The first kappa shape index (κ1) is 10.4. The van der Waals surface area contributed by atoms with Crippen LogP contribution in [0, 0.1) is 5.92 Å². The molecule has 0 aliphatic carbocycles. The lowest BCUT2D eigenvalue weighted by molar-refractivity contribution is -0.126. The fourth-order valence-electron chi connectivity index (χ4n) is 0.990. The standard InChI is InChI=1S/C7H15FN2O/c1-7(2,8)5(3-4-9)6(10)11/h5H,3-4,9H2,1-2H3,(H2,10,11). The highest BCUT2D eigenvalue weighted by atomic mass is 19.1. The molecule has 0 saturated heterocycles. The minimum absolute atomic E-state index is 0.279. The van der Waals surface area contributed by atoms with Crippen LogP contribution in [0.3, 0.4) is 0 Å². The Morgan fingerprint density at radius 3 is 2.18 bits per heavy atom. The lowest BCUT2D eigenvalue weighted by Crippen LogP contribution is -2.38. The van der Waals surface area contributed by atoms with E-state index in [9.17, 15) is 9.18 Å². The lowest BCUT2D eigenvalue weighted by atomic mass is 9.89. The number of carbonyl (C=O) groups is 1. The van der Waals surface area contributed by atoms with Gasteiger partial charge in [0.1, 0.15) is 5.67 Å². The van der Waals surface area contributed by atoms with Crippen molar-refractivity contribution in [3.63, 3.8) is 0 Å². The normalized spacial score (nSPS) is 14.5. The first-order chi connectivity index (χ1) is 4.89. The zero-order valence-corrected chi connectivity index (χ0v) is 6.93. The van der Waals surface area contributed by atoms with E-state index in [4.69, 9.17) is 11.5 Å². The van der Waals surface area contributed by atoms with Crippen LogP contribution in [0.5, 0.6) is 0 Å². The number of hydrogen-bond donors (Lipinski definition) is 2. The molecule has 0 aromatic heterocycles. The van der Waals surface area contributed by atoms with Crippen molar-refractivity contribution >= 4 is 5.91 Å². The van der Waals surface area contributed by atoms with Gasteiger partial charge in [0.15, 0.2) is 0 Å². The third kappa shape index (κ3) is 3.32. The number of hydrogen-bond acceptors (Lipinski definition) is 2. The third-order valence-corrected chi connectivity index (χ3v) is 1.63. The van der Waals surface area contributed by atoms with Gasteiger partial charge in [-0.2, -0.15) is 0 Å². The second-order valence-electron chi connectivity index (χ2n) is 3.10. The monoisotopic (exact) mass is 162 g/mol. The van der Waals surface area contributed by atoms with Gasteiger partial charge in [-0.05, 0) is 26.8 Å². The van der Waals surface area contributed by atoms with Gasteiger partial charge in [-0.15, -0.1) is 0 Å². The van der Waals surface area contributed by atoms with Crippen molar-refractivity contribution < 1.29 is 9.18 Å². The number of carbonyl (C=O) groups excluding carboxylic acids is 1. The first-order valence-corrected chi connectivity index (χ1v) is 3.58. The van der Waals surface area contributed by atoms with E-state index in [1.807, 2.05) is 0 Å². The first-order valence-electron chi connectivity index (χ1n) is 3.58. The molecule has 1 unspecified atom stereocenters. The highest BCUT2D eigenvalue weighted by Gasteiger charge is 2.32. The molecule has 0 aromatic carbocycles. The van der Waals surface area contributed by atoms with Gasteiger partial charge < -0.3 is 11.5 Å². The number of primary amides is 1. The molecule has 1 amide bonds. The highest BCUT2D eigenvalue weighted by Crippen LogP contribution is 2.23. The summed E-state index contributed by atoms with van der Waals surface area (Å²) in [6, 6.07) is 0. The number of nitrogens with two attached hydrogens (primary N) is 2. The van der Waals surface area contributed by atoms with Gasteiger partial charge in [0, 0.05) is 0 Å². The van der Waals surface area contributed by atoms with Crippen LogP contribution in [-0.4, -0.2) is 18.1 Å². The molecule has 0 aliphatic heterocycles. The Bertz CT molecular complexity index is 142. The Morgan fingerprint density at radius 2 is 2.09 bits per heavy atom. The van der Waals surface area contributed by atoms with Gasteiger partial charge in [0.25, 0.3) is 0 Å². The summed E-state index contributed by atoms with van der Waals surface area (Å²) in [6.07, 6.45) is 0.304. The third-order valence-electron chi connectivity index (χ3n) is 1.63. The smallest absolute Gasteiger partial charge is 0.223 e. The minimum atomic E-state index is -1.56. The van der Waals surface area contributed by atoms with Crippen LogP contribution in [0.4, 0.5) is 4.39 Å². The Kier molecular flexibility index (Phi) is 3.45. The molecule has 0 spiro atoms. The topological polar surface area (TPSA) is 69.1 Å². The van der Waals surface area contributed by atoms with Crippen molar-refractivity contribution in [3.05, 3.63) is 0 Å². The maximum Gasteiger partial charge on any atom is 0.223 e. The maximum absolute atomic E-state index is 13.1. The summed E-state index contributed by atoms with van der Waals surface area (Å²) in [5.41, 5.74) is 8.60. The molecule has 4 heteroatoms. The van der Waals surface area contributed by atoms with Gasteiger partial charge in [-0.3, -0.25) is 4.79 Å². The Hall–Kier alpha value is -0.640. The van der Waals surface area contributed by atoms with Crippen molar-refractivity contribution in [1.29, 1.82) is 0 Å². The van der Waals surface area contributed by atoms with Crippen LogP contribution in [0.25, 0.3) is 0 Å². The number of rotatable bonds is 4. The zero-order valence-electron chi connectivity index (χ0n) is 6.93. The van der Waals surface area contributed by atoms with E-state index >= 15 is 0 Å². The summed E-state index contributed by atoms with van der Waals surface area (Å²) < 4.78 is 13.1. The second kappa shape index (κ2) is 3.67. The molecule has 0 aromatic rings. The molecule has 0 rings (SSSR count). The molecule has 3 nitrogen and oxygen atoms in total.